The third-order valence-corrected chi connectivity index (χ3v) is 5.50. The van der Waals surface area contributed by atoms with Crippen molar-refractivity contribution in [2.45, 2.75) is 25.9 Å². The molecule has 3 aromatic rings. The van der Waals surface area contributed by atoms with Gasteiger partial charge in [0.25, 0.3) is 0 Å². The highest BCUT2D eigenvalue weighted by molar-refractivity contribution is 5.84. The molecule has 4 rings (SSSR count). The van der Waals surface area contributed by atoms with E-state index in [9.17, 15) is 18.4 Å². The van der Waals surface area contributed by atoms with Crippen molar-refractivity contribution in [3.05, 3.63) is 41.3 Å². The van der Waals surface area contributed by atoms with Gasteiger partial charge in [0.05, 0.1) is 36.6 Å². The molecule has 2 aromatic heterocycles. The lowest BCUT2D eigenvalue weighted by Crippen LogP contribution is -2.36. The van der Waals surface area contributed by atoms with Crippen molar-refractivity contribution in [1.29, 1.82) is 5.26 Å². The standard InChI is InChI=1S/C23H24F3N5O2/c1-2-33-20-6-5-15(12-16(20)23(24,25)26)17-13-18-22(19(14-27)28-17)30-21(29-18)4-3-7-31-8-10-32-11-9-31/h5-6,12-13H,2-4,7-11H2,1H3,(H,29,30). The number of aromatic nitrogens is 3. The molecule has 0 spiro atoms. The summed E-state index contributed by atoms with van der Waals surface area (Å²) in [5.41, 5.74) is 0.685. The van der Waals surface area contributed by atoms with Crippen molar-refractivity contribution in [2.24, 2.45) is 0 Å². The van der Waals surface area contributed by atoms with Crippen molar-refractivity contribution in [3.8, 4) is 23.1 Å². The zero-order valence-corrected chi connectivity index (χ0v) is 18.2. The summed E-state index contributed by atoms with van der Waals surface area (Å²) in [4.78, 5) is 14.3. The fourth-order valence-electron chi connectivity index (χ4n) is 3.90. The molecular weight excluding hydrogens is 435 g/mol. The SMILES string of the molecule is CCOc1ccc(-c2cc3[nH]c(CCCN4CCOCC4)nc3c(C#N)n2)cc1C(F)(F)F. The van der Waals surface area contributed by atoms with Crippen LogP contribution in [0.25, 0.3) is 22.3 Å². The van der Waals surface area contributed by atoms with E-state index in [1.807, 2.05) is 6.07 Å². The quantitative estimate of drug-likeness (QED) is 0.571. The van der Waals surface area contributed by atoms with Crippen LogP contribution in [0.4, 0.5) is 13.2 Å². The predicted octanol–water partition coefficient (Wildman–Crippen LogP) is 4.18. The number of H-pyrrole nitrogens is 1. The molecule has 0 aliphatic carbocycles. The predicted molar refractivity (Wildman–Crippen MR) is 116 cm³/mol. The van der Waals surface area contributed by atoms with Crippen LogP contribution in [0.5, 0.6) is 5.75 Å². The second-order valence-corrected chi connectivity index (χ2v) is 7.75. The fourth-order valence-corrected chi connectivity index (χ4v) is 3.90. The number of aryl methyl sites for hydroxylation is 1. The second-order valence-electron chi connectivity index (χ2n) is 7.75. The molecule has 1 aliphatic heterocycles. The van der Waals surface area contributed by atoms with Crippen LogP contribution in [0, 0.1) is 11.3 Å². The maximum absolute atomic E-state index is 13.5. The molecule has 1 aromatic carbocycles. The van der Waals surface area contributed by atoms with Gasteiger partial charge in [-0.05, 0) is 44.2 Å². The second kappa shape index (κ2) is 9.77. The molecule has 33 heavy (non-hydrogen) atoms. The highest BCUT2D eigenvalue weighted by Crippen LogP contribution is 2.39. The van der Waals surface area contributed by atoms with Crippen LogP contribution in [-0.2, 0) is 17.3 Å². The maximum Gasteiger partial charge on any atom is 0.419 e. The molecule has 0 amide bonds. The number of fused-ring (bicyclic) bond motifs is 1. The van der Waals surface area contributed by atoms with E-state index in [0.29, 0.717) is 17.5 Å². The van der Waals surface area contributed by atoms with Gasteiger partial charge in [0.2, 0.25) is 0 Å². The average molecular weight is 459 g/mol. The molecule has 1 N–H and O–H groups in total. The maximum atomic E-state index is 13.5. The summed E-state index contributed by atoms with van der Waals surface area (Å²) in [6.07, 6.45) is -3.01. The monoisotopic (exact) mass is 459 g/mol. The molecular formula is C23H24F3N5O2. The molecule has 3 heterocycles. The number of hydrogen-bond donors (Lipinski definition) is 1. The highest BCUT2D eigenvalue weighted by atomic mass is 19.4. The number of ether oxygens (including phenoxy) is 2. The van der Waals surface area contributed by atoms with E-state index in [0.717, 1.165) is 51.2 Å². The number of aromatic amines is 1. The van der Waals surface area contributed by atoms with E-state index in [1.165, 1.54) is 12.1 Å². The third kappa shape index (κ3) is 5.26. The molecule has 1 aliphatic rings. The van der Waals surface area contributed by atoms with Crippen molar-refractivity contribution in [2.75, 3.05) is 39.5 Å². The topological polar surface area (TPSA) is 87.1 Å². The molecule has 0 bridgehead atoms. The van der Waals surface area contributed by atoms with Crippen molar-refractivity contribution >= 4 is 11.0 Å². The van der Waals surface area contributed by atoms with Crippen molar-refractivity contribution in [3.63, 3.8) is 0 Å². The van der Waals surface area contributed by atoms with Crippen LogP contribution in [-0.4, -0.2) is 59.3 Å². The van der Waals surface area contributed by atoms with Crippen LogP contribution in [0.3, 0.4) is 0 Å². The van der Waals surface area contributed by atoms with E-state index in [4.69, 9.17) is 9.47 Å². The van der Waals surface area contributed by atoms with Gasteiger partial charge in [-0.1, -0.05) is 0 Å². The summed E-state index contributed by atoms with van der Waals surface area (Å²) in [5.74, 6) is 0.482. The Labute approximate surface area is 189 Å². The van der Waals surface area contributed by atoms with Gasteiger partial charge in [-0.2, -0.15) is 18.4 Å². The average Bonchev–Trinajstić information content (AvgIpc) is 3.22. The minimum absolute atomic E-state index is 0.0700. The van der Waals surface area contributed by atoms with E-state index >= 15 is 0 Å². The van der Waals surface area contributed by atoms with E-state index in [2.05, 4.69) is 19.9 Å². The molecule has 0 saturated carbocycles. The number of alkyl halides is 3. The lowest BCUT2D eigenvalue weighted by Gasteiger charge is -2.26. The normalized spacial score (nSPS) is 15.0. The lowest BCUT2D eigenvalue weighted by atomic mass is 10.1. The Hall–Kier alpha value is -3.16. The summed E-state index contributed by atoms with van der Waals surface area (Å²) in [6, 6.07) is 7.43. The Bertz CT molecular complexity index is 1160. The Morgan fingerprint density at radius 1 is 1.21 bits per heavy atom. The molecule has 10 heteroatoms. The summed E-state index contributed by atoms with van der Waals surface area (Å²) in [7, 11) is 0. The number of nitrogens with one attached hydrogen (secondary N) is 1. The minimum atomic E-state index is -4.58. The summed E-state index contributed by atoms with van der Waals surface area (Å²) in [6.45, 7) is 5.97. The molecule has 174 valence electrons. The number of halogens is 3. The van der Waals surface area contributed by atoms with Gasteiger partial charge in [-0.3, -0.25) is 4.90 Å². The highest BCUT2D eigenvalue weighted by Gasteiger charge is 2.35. The smallest absolute Gasteiger partial charge is 0.419 e. The number of imidazole rings is 1. The zero-order valence-electron chi connectivity index (χ0n) is 18.2. The number of morpholine rings is 1. The molecule has 0 radical (unpaired) electrons. The first-order chi connectivity index (χ1) is 15.9. The van der Waals surface area contributed by atoms with E-state index in [1.54, 1.807) is 13.0 Å². The van der Waals surface area contributed by atoms with Gasteiger partial charge in [0.15, 0.2) is 5.69 Å². The van der Waals surface area contributed by atoms with Gasteiger partial charge in [-0.25, -0.2) is 9.97 Å². The Morgan fingerprint density at radius 2 is 2.00 bits per heavy atom. The van der Waals surface area contributed by atoms with Crippen molar-refractivity contribution < 1.29 is 22.6 Å². The largest absolute Gasteiger partial charge is 0.493 e. The van der Waals surface area contributed by atoms with Crippen LogP contribution in [0.15, 0.2) is 24.3 Å². The number of benzene rings is 1. The first-order valence-electron chi connectivity index (χ1n) is 10.8. The van der Waals surface area contributed by atoms with Gasteiger partial charge in [0, 0.05) is 25.1 Å². The van der Waals surface area contributed by atoms with Crippen LogP contribution >= 0.6 is 0 Å². The molecule has 1 fully saturated rings. The van der Waals surface area contributed by atoms with Crippen molar-refractivity contribution in [1.82, 2.24) is 19.9 Å². The van der Waals surface area contributed by atoms with Gasteiger partial charge >= 0.3 is 6.18 Å². The van der Waals surface area contributed by atoms with Crippen LogP contribution in [0.1, 0.15) is 30.4 Å². The number of nitriles is 1. The molecule has 0 atom stereocenters. The first kappa shape index (κ1) is 23.0. The molecule has 7 nitrogen and oxygen atoms in total. The number of pyridine rings is 1. The van der Waals surface area contributed by atoms with Gasteiger partial charge in [0.1, 0.15) is 23.2 Å². The van der Waals surface area contributed by atoms with Gasteiger partial charge in [-0.15, -0.1) is 0 Å². The lowest BCUT2D eigenvalue weighted by molar-refractivity contribution is -0.138. The third-order valence-electron chi connectivity index (χ3n) is 5.50. The zero-order chi connectivity index (χ0) is 23.4. The van der Waals surface area contributed by atoms with E-state index in [-0.39, 0.29) is 29.3 Å². The van der Waals surface area contributed by atoms with Gasteiger partial charge < -0.3 is 14.5 Å². The molecule has 0 unspecified atom stereocenters. The first-order valence-corrected chi connectivity index (χ1v) is 10.8. The van der Waals surface area contributed by atoms with Crippen LogP contribution in [0.2, 0.25) is 0 Å². The summed E-state index contributed by atoms with van der Waals surface area (Å²) in [5, 5.41) is 9.58. The summed E-state index contributed by atoms with van der Waals surface area (Å²) >= 11 is 0. The Balaban J connectivity index is 1.61. The summed E-state index contributed by atoms with van der Waals surface area (Å²) < 4.78 is 51.1. The fraction of sp³-hybridized carbons (Fsp3) is 0.435. The van der Waals surface area contributed by atoms with Crippen LogP contribution < -0.4 is 4.74 Å². The number of nitrogens with zero attached hydrogens (tertiary/aromatic N) is 4. The molecule has 1 saturated heterocycles. The Kier molecular flexibility index (Phi) is 6.81. The Morgan fingerprint density at radius 3 is 2.70 bits per heavy atom. The van der Waals surface area contributed by atoms with E-state index < -0.39 is 11.7 Å². The number of hydrogen-bond acceptors (Lipinski definition) is 6. The minimum Gasteiger partial charge on any atom is -0.493 e. The number of rotatable bonds is 7.